The van der Waals surface area contributed by atoms with Crippen LogP contribution in [0.15, 0.2) is 35.4 Å². The van der Waals surface area contributed by atoms with Crippen LogP contribution in [0.2, 0.25) is 0 Å². The van der Waals surface area contributed by atoms with Crippen LogP contribution >= 0.6 is 0 Å². The van der Waals surface area contributed by atoms with Crippen LogP contribution in [-0.4, -0.2) is 33.9 Å². The maximum atomic E-state index is 12.2. The van der Waals surface area contributed by atoms with Gasteiger partial charge in [0.25, 0.3) is 5.91 Å². The van der Waals surface area contributed by atoms with E-state index >= 15 is 0 Å². The van der Waals surface area contributed by atoms with E-state index in [1.165, 1.54) is 0 Å². The molecule has 0 saturated carbocycles. The van der Waals surface area contributed by atoms with Crippen LogP contribution in [0, 0.1) is 19.8 Å². The molecule has 2 aromatic rings. The largest absolute Gasteiger partial charge is 0.352 e. The molecule has 2 N–H and O–H groups in total. The van der Waals surface area contributed by atoms with Crippen LogP contribution in [-0.2, 0) is 4.79 Å². The summed E-state index contributed by atoms with van der Waals surface area (Å²) >= 11 is 0. The van der Waals surface area contributed by atoms with E-state index in [9.17, 15) is 9.59 Å². The minimum atomic E-state index is -0.256. The summed E-state index contributed by atoms with van der Waals surface area (Å²) in [7, 11) is 0. The lowest BCUT2D eigenvalue weighted by Crippen LogP contribution is -2.30. The second-order valence-electron chi connectivity index (χ2n) is 6.21. The molecule has 0 saturated heterocycles. The smallest absolute Gasteiger partial charge is 0.251 e. The molecule has 25 heavy (non-hydrogen) atoms. The lowest BCUT2D eigenvalue weighted by atomic mass is 10.0. The molecule has 1 aliphatic rings. The van der Waals surface area contributed by atoms with Crippen molar-refractivity contribution < 1.29 is 9.59 Å². The molecule has 0 bridgehead atoms. The molecular formula is C18H21N5O2. The Morgan fingerprint density at radius 3 is 2.52 bits per heavy atom. The highest BCUT2D eigenvalue weighted by molar-refractivity contribution is 6.06. The lowest BCUT2D eigenvalue weighted by molar-refractivity contribution is -0.122. The fourth-order valence-electron chi connectivity index (χ4n) is 2.91. The van der Waals surface area contributed by atoms with Gasteiger partial charge in [0.15, 0.2) is 0 Å². The van der Waals surface area contributed by atoms with Crippen molar-refractivity contribution in [2.24, 2.45) is 11.0 Å². The third kappa shape index (κ3) is 3.60. The summed E-state index contributed by atoms with van der Waals surface area (Å²) in [6.07, 6.45) is 0.538. The number of aromatic nitrogens is 2. The van der Waals surface area contributed by atoms with E-state index in [0.29, 0.717) is 18.5 Å². The maximum absolute atomic E-state index is 12.2. The first kappa shape index (κ1) is 16.9. The molecule has 0 fully saturated rings. The van der Waals surface area contributed by atoms with Crippen molar-refractivity contribution in [2.75, 3.05) is 6.54 Å². The van der Waals surface area contributed by atoms with E-state index in [2.05, 4.69) is 20.9 Å². The molecule has 1 atom stereocenters. The molecule has 1 aromatic carbocycles. The van der Waals surface area contributed by atoms with Gasteiger partial charge >= 0.3 is 0 Å². The van der Waals surface area contributed by atoms with Gasteiger partial charge in [0, 0.05) is 23.5 Å². The quantitative estimate of drug-likeness (QED) is 0.869. The topological polar surface area (TPSA) is 88.4 Å². The Labute approximate surface area is 146 Å². The summed E-state index contributed by atoms with van der Waals surface area (Å²) in [4.78, 5) is 23.8. The molecule has 2 heterocycles. The zero-order valence-corrected chi connectivity index (χ0v) is 14.5. The Morgan fingerprint density at radius 1 is 1.24 bits per heavy atom. The summed E-state index contributed by atoms with van der Waals surface area (Å²) in [5, 5.41) is 11.2. The number of hydrogen-bond donors (Lipinski definition) is 2. The standard InChI is InChI=1S/C18H21N5O2/c1-11-10-12(2)23(22-11)15-6-4-14(5-7-15)17(24)19-9-8-16-13(3)20-21-18(16)25/h4-7,10,16H,8-9H2,1-3H3,(H,19,24)(H,21,25). The Hall–Kier alpha value is -2.96. The zero-order valence-electron chi connectivity index (χ0n) is 14.5. The minimum absolute atomic E-state index is 0.110. The summed E-state index contributed by atoms with van der Waals surface area (Å²) in [6.45, 7) is 6.17. The number of carbonyl (C=O) groups is 2. The fraction of sp³-hybridized carbons (Fsp3) is 0.333. The van der Waals surface area contributed by atoms with Crippen LogP contribution in [0.4, 0.5) is 0 Å². The number of hydrazone groups is 1. The van der Waals surface area contributed by atoms with Gasteiger partial charge < -0.3 is 5.32 Å². The maximum Gasteiger partial charge on any atom is 0.251 e. The molecule has 0 aliphatic carbocycles. The highest BCUT2D eigenvalue weighted by Gasteiger charge is 2.26. The number of aryl methyl sites for hydroxylation is 2. The molecule has 1 aliphatic heterocycles. The normalized spacial score (nSPS) is 16.5. The Morgan fingerprint density at radius 2 is 1.96 bits per heavy atom. The number of carbonyl (C=O) groups excluding carboxylic acids is 2. The van der Waals surface area contributed by atoms with E-state index in [1.54, 1.807) is 12.1 Å². The van der Waals surface area contributed by atoms with Crippen LogP contribution in [0.1, 0.15) is 35.1 Å². The molecule has 1 unspecified atom stereocenters. The molecule has 2 amide bonds. The van der Waals surface area contributed by atoms with Crippen LogP contribution in [0.25, 0.3) is 5.69 Å². The Bertz CT molecular complexity index is 836. The summed E-state index contributed by atoms with van der Waals surface area (Å²) in [6, 6.07) is 9.29. The number of rotatable bonds is 5. The molecule has 130 valence electrons. The van der Waals surface area contributed by atoms with Crippen molar-refractivity contribution in [3.63, 3.8) is 0 Å². The van der Waals surface area contributed by atoms with Crippen molar-refractivity contribution in [3.8, 4) is 5.69 Å². The van der Waals surface area contributed by atoms with Gasteiger partial charge in [-0.1, -0.05) is 0 Å². The molecular weight excluding hydrogens is 318 g/mol. The number of amides is 2. The summed E-state index contributed by atoms with van der Waals surface area (Å²) in [5.41, 5.74) is 6.69. The zero-order chi connectivity index (χ0) is 18.0. The van der Waals surface area contributed by atoms with E-state index in [-0.39, 0.29) is 17.7 Å². The van der Waals surface area contributed by atoms with E-state index in [4.69, 9.17) is 0 Å². The van der Waals surface area contributed by atoms with Gasteiger partial charge in [-0.05, 0) is 57.5 Å². The number of nitrogens with one attached hydrogen (secondary N) is 2. The first-order valence-electron chi connectivity index (χ1n) is 8.21. The molecule has 0 spiro atoms. The molecule has 0 radical (unpaired) electrons. The van der Waals surface area contributed by atoms with Gasteiger partial charge in [0.05, 0.1) is 17.3 Å². The minimum Gasteiger partial charge on any atom is -0.352 e. The lowest BCUT2D eigenvalue weighted by Gasteiger charge is -2.10. The van der Waals surface area contributed by atoms with E-state index in [1.807, 2.05) is 43.7 Å². The Kier molecular flexibility index (Phi) is 4.65. The monoisotopic (exact) mass is 339 g/mol. The average molecular weight is 339 g/mol. The van der Waals surface area contributed by atoms with Gasteiger partial charge in [-0.3, -0.25) is 9.59 Å². The number of hydrogen-bond acceptors (Lipinski definition) is 4. The second-order valence-corrected chi connectivity index (χ2v) is 6.21. The number of benzene rings is 1. The van der Waals surface area contributed by atoms with Crippen LogP contribution in [0.3, 0.4) is 0 Å². The van der Waals surface area contributed by atoms with Crippen molar-refractivity contribution in [2.45, 2.75) is 27.2 Å². The molecule has 3 rings (SSSR count). The predicted octanol–water partition coefficient (Wildman–Crippen LogP) is 1.73. The second kappa shape index (κ2) is 6.88. The third-order valence-electron chi connectivity index (χ3n) is 4.27. The van der Waals surface area contributed by atoms with E-state index < -0.39 is 0 Å². The molecule has 1 aromatic heterocycles. The Balaban J connectivity index is 1.58. The predicted molar refractivity (Wildman–Crippen MR) is 94.7 cm³/mol. The van der Waals surface area contributed by atoms with Crippen LogP contribution < -0.4 is 10.7 Å². The highest BCUT2D eigenvalue weighted by atomic mass is 16.2. The van der Waals surface area contributed by atoms with Gasteiger partial charge in [-0.15, -0.1) is 0 Å². The highest BCUT2D eigenvalue weighted by Crippen LogP contribution is 2.14. The van der Waals surface area contributed by atoms with Crippen molar-refractivity contribution in [1.82, 2.24) is 20.5 Å². The van der Waals surface area contributed by atoms with Crippen LogP contribution in [0.5, 0.6) is 0 Å². The average Bonchev–Trinajstić information content (AvgIpc) is 3.10. The molecule has 7 nitrogen and oxygen atoms in total. The fourth-order valence-corrected chi connectivity index (χ4v) is 2.91. The van der Waals surface area contributed by atoms with E-state index in [0.717, 1.165) is 22.8 Å². The van der Waals surface area contributed by atoms with Gasteiger partial charge in [-0.2, -0.15) is 10.2 Å². The van der Waals surface area contributed by atoms with Gasteiger partial charge in [0.1, 0.15) is 0 Å². The molecule has 7 heteroatoms. The summed E-state index contributed by atoms with van der Waals surface area (Å²) in [5.74, 6) is -0.525. The first-order chi connectivity index (χ1) is 12.0. The third-order valence-corrected chi connectivity index (χ3v) is 4.27. The van der Waals surface area contributed by atoms with Gasteiger partial charge in [-0.25, -0.2) is 10.1 Å². The summed E-state index contributed by atoms with van der Waals surface area (Å²) < 4.78 is 1.85. The van der Waals surface area contributed by atoms with Gasteiger partial charge in [0.2, 0.25) is 5.91 Å². The van der Waals surface area contributed by atoms with Crippen molar-refractivity contribution in [1.29, 1.82) is 0 Å². The van der Waals surface area contributed by atoms with Crippen molar-refractivity contribution in [3.05, 3.63) is 47.3 Å². The SMILES string of the molecule is CC1=NNC(=O)C1CCNC(=O)c1ccc(-n2nc(C)cc2C)cc1. The first-order valence-corrected chi connectivity index (χ1v) is 8.21. The number of nitrogens with zero attached hydrogens (tertiary/aromatic N) is 3. The van der Waals surface area contributed by atoms with Crippen molar-refractivity contribution >= 4 is 17.5 Å².